The zero-order valence-electron chi connectivity index (χ0n) is 10.8. The Kier molecular flexibility index (Phi) is 4.74. The number of hydrogen-bond acceptors (Lipinski definition) is 4. The molecule has 0 radical (unpaired) electrons. The largest absolute Gasteiger partial charge is 0.355 e. The van der Waals surface area contributed by atoms with Gasteiger partial charge >= 0.3 is 0 Å². The van der Waals surface area contributed by atoms with Crippen LogP contribution < -0.4 is 11.1 Å². The summed E-state index contributed by atoms with van der Waals surface area (Å²) >= 11 is 1.72. The van der Waals surface area contributed by atoms with E-state index >= 15 is 0 Å². The quantitative estimate of drug-likeness (QED) is 0.866. The number of thiophene rings is 1. The molecule has 0 spiro atoms. The van der Waals surface area contributed by atoms with Gasteiger partial charge in [-0.15, -0.1) is 11.3 Å². The summed E-state index contributed by atoms with van der Waals surface area (Å²) in [4.78, 5) is 15.2. The van der Waals surface area contributed by atoms with Crippen molar-refractivity contribution in [1.29, 1.82) is 0 Å². The van der Waals surface area contributed by atoms with E-state index in [1.54, 1.807) is 11.3 Å². The molecule has 18 heavy (non-hydrogen) atoms. The minimum Gasteiger partial charge on any atom is -0.355 e. The third-order valence-corrected chi connectivity index (χ3v) is 4.34. The highest BCUT2D eigenvalue weighted by Gasteiger charge is 2.28. The van der Waals surface area contributed by atoms with Crippen LogP contribution in [0, 0.1) is 0 Å². The van der Waals surface area contributed by atoms with Gasteiger partial charge in [-0.3, -0.25) is 9.69 Å². The van der Waals surface area contributed by atoms with Crippen LogP contribution in [0.15, 0.2) is 17.5 Å². The summed E-state index contributed by atoms with van der Waals surface area (Å²) < 4.78 is 0. The van der Waals surface area contributed by atoms with Crippen molar-refractivity contribution in [2.75, 3.05) is 19.6 Å². The second-order valence-corrected chi connectivity index (χ2v) is 5.69. The molecule has 1 aromatic heterocycles. The lowest BCUT2D eigenvalue weighted by molar-refractivity contribution is -0.122. The molecule has 5 heteroatoms. The van der Waals surface area contributed by atoms with Crippen molar-refractivity contribution >= 4 is 17.2 Å². The number of carbonyl (C=O) groups is 1. The maximum absolute atomic E-state index is 11.7. The van der Waals surface area contributed by atoms with Crippen LogP contribution >= 0.6 is 11.3 Å². The monoisotopic (exact) mass is 267 g/mol. The number of nitrogens with zero attached hydrogens (tertiary/aromatic N) is 1. The zero-order valence-corrected chi connectivity index (χ0v) is 11.6. The second kappa shape index (κ2) is 6.31. The minimum atomic E-state index is 0.0783. The smallest absolute Gasteiger partial charge is 0.234 e. The first-order valence-electron chi connectivity index (χ1n) is 6.52. The Labute approximate surface area is 112 Å². The molecule has 2 unspecified atom stereocenters. The normalized spacial score (nSPS) is 21.1. The third-order valence-electron chi connectivity index (χ3n) is 3.40. The van der Waals surface area contributed by atoms with Gasteiger partial charge in [0.2, 0.25) is 5.91 Å². The van der Waals surface area contributed by atoms with Crippen LogP contribution in [0.1, 0.15) is 30.7 Å². The molecule has 4 nitrogen and oxygen atoms in total. The molecule has 2 rings (SSSR count). The molecule has 1 aromatic rings. The highest BCUT2D eigenvalue weighted by atomic mass is 32.1. The summed E-state index contributed by atoms with van der Waals surface area (Å²) in [7, 11) is 0. The number of nitrogens with two attached hydrogens (primary N) is 1. The van der Waals surface area contributed by atoms with E-state index in [0.29, 0.717) is 6.54 Å². The molecule has 0 saturated carbocycles. The van der Waals surface area contributed by atoms with Gasteiger partial charge in [0, 0.05) is 24.0 Å². The minimum absolute atomic E-state index is 0.0783. The molecular formula is C13H21N3OS. The van der Waals surface area contributed by atoms with Gasteiger partial charge in [0.1, 0.15) is 0 Å². The van der Waals surface area contributed by atoms with E-state index in [4.69, 9.17) is 5.73 Å². The van der Waals surface area contributed by atoms with Gasteiger partial charge in [-0.1, -0.05) is 13.0 Å². The molecule has 1 fully saturated rings. The van der Waals surface area contributed by atoms with E-state index in [1.807, 2.05) is 6.07 Å². The summed E-state index contributed by atoms with van der Waals surface area (Å²) in [6.07, 6.45) is 1.91. The van der Waals surface area contributed by atoms with Crippen molar-refractivity contribution in [1.82, 2.24) is 10.2 Å². The molecule has 1 saturated heterocycles. The highest BCUT2D eigenvalue weighted by Crippen LogP contribution is 2.29. The molecule has 0 aromatic carbocycles. The fraction of sp³-hybridized carbons (Fsp3) is 0.615. The van der Waals surface area contributed by atoms with Crippen molar-refractivity contribution in [3.05, 3.63) is 22.4 Å². The zero-order chi connectivity index (χ0) is 13.0. The van der Waals surface area contributed by atoms with Gasteiger partial charge in [-0.2, -0.15) is 0 Å². The van der Waals surface area contributed by atoms with Crippen LogP contribution in [-0.2, 0) is 4.79 Å². The van der Waals surface area contributed by atoms with Gasteiger partial charge < -0.3 is 11.1 Å². The number of carbonyl (C=O) groups excluding carboxylic acids is 1. The van der Waals surface area contributed by atoms with Crippen molar-refractivity contribution in [2.45, 2.75) is 31.8 Å². The molecule has 1 aliphatic rings. The summed E-state index contributed by atoms with van der Waals surface area (Å²) in [5, 5.41) is 4.99. The predicted octanol–water partition coefficient (Wildman–Crippen LogP) is 1.35. The lowest BCUT2D eigenvalue weighted by atomic mass is 10.0. The van der Waals surface area contributed by atoms with Gasteiger partial charge in [0.25, 0.3) is 0 Å². The summed E-state index contributed by atoms with van der Waals surface area (Å²) in [6.45, 7) is 4.25. The first-order valence-corrected chi connectivity index (χ1v) is 7.40. The fourth-order valence-electron chi connectivity index (χ4n) is 2.41. The Bertz CT molecular complexity index is 380. The van der Waals surface area contributed by atoms with E-state index in [9.17, 15) is 4.79 Å². The molecular weight excluding hydrogens is 246 g/mol. The second-order valence-electron chi connectivity index (χ2n) is 4.71. The lowest BCUT2D eigenvalue weighted by Gasteiger charge is -2.33. The predicted molar refractivity (Wildman–Crippen MR) is 74.5 cm³/mol. The van der Waals surface area contributed by atoms with Crippen LogP contribution in [0.4, 0.5) is 0 Å². The molecule has 100 valence electrons. The summed E-state index contributed by atoms with van der Waals surface area (Å²) in [5.41, 5.74) is 6.27. The number of hydrogen-bond donors (Lipinski definition) is 2. The molecule has 2 heterocycles. The van der Waals surface area contributed by atoms with E-state index in [0.717, 1.165) is 25.9 Å². The lowest BCUT2D eigenvalue weighted by Crippen LogP contribution is -2.43. The third kappa shape index (κ3) is 3.10. The Morgan fingerprint density at radius 1 is 1.61 bits per heavy atom. The Morgan fingerprint density at radius 2 is 2.44 bits per heavy atom. The highest BCUT2D eigenvalue weighted by molar-refractivity contribution is 7.10. The van der Waals surface area contributed by atoms with Crippen molar-refractivity contribution in [3.63, 3.8) is 0 Å². The summed E-state index contributed by atoms with van der Waals surface area (Å²) in [5.74, 6) is 0.109. The maximum atomic E-state index is 11.7. The molecule has 1 amide bonds. The van der Waals surface area contributed by atoms with Crippen LogP contribution in [0.3, 0.4) is 0 Å². The number of amides is 1. The molecule has 2 atom stereocenters. The molecule has 1 aliphatic heterocycles. The maximum Gasteiger partial charge on any atom is 0.234 e. The van der Waals surface area contributed by atoms with Crippen molar-refractivity contribution in [3.8, 4) is 0 Å². The molecule has 0 bridgehead atoms. The fourth-order valence-corrected chi connectivity index (χ4v) is 3.35. The van der Waals surface area contributed by atoms with Gasteiger partial charge in [-0.05, 0) is 24.3 Å². The van der Waals surface area contributed by atoms with Crippen LogP contribution in [0.5, 0.6) is 0 Å². The van der Waals surface area contributed by atoms with Gasteiger partial charge in [-0.25, -0.2) is 0 Å². The Morgan fingerprint density at radius 3 is 3.11 bits per heavy atom. The standard InChI is InChI=1S/C13H21N3OS/c1-2-10(14)13(11-5-3-8-18-11)16-7-4-6-15-12(17)9-16/h3,5,8,10,13H,2,4,6-7,9,14H2,1H3,(H,15,17). The van der Waals surface area contributed by atoms with Gasteiger partial charge in [0.05, 0.1) is 12.6 Å². The van der Waals surface area contributed by atoms with E-state index < -0.39 is 0 Å². The Hall–Kier alpha value is -0.910. The van der Waals surface area contributed by atoms with E-state index in [1.165, 1.54) is 4.88 Å². The van der Waals surface area contributed by atoms with Crippen LogP contribution in [0.25, 0.3) is 0 Å². The van der Waals surface area contributed by atoms with Crippen LogP contribution in [-0.4, -0.2) is 36.5 Å². The molecule has 0 aliphatic carbocycles. The Balaban J connectivity index is 2.19. The van der Waals surface area contributed by atoms with Crippen molar-refractivity contribution in [2.24, 2.45) is 5.73 Å². The number of nitrogens with one attached hydrogen (secondary N) is 1. The first-order chi connectivity index (χ1) is 8.72. The van der Waals surface area contributed by atoms with E-state index in [-0.39, 0.29) is 18.0 Å². The van der Waals surface area contributed by atoms with Crippen molar-refractivity contribution < 1.29 is 4.79 Å². The average molecular weight is 267 g/mol. The number of rotatable bonds is 4. The average Bonchev–Trinajstić information content (AvgIpc) is 2.79. The topological polar surface area (TPSA) is 58.4 Å². The molecule has 3 N–H and O–H groups in total. The first kappa shape index (κ1) is 13.5. The van der Waals surface area contributed by atoms with Crippen LogP contribution in [0.2, 0.25) is 0 Å². The SMILES string of the molecule is CCC(N)C(c1cccs1)N1CCCNC(=O)C1. The van der Waals surface area contributed by atoms with E-state index in [2.05, 4.69) is 28.6 Å². The summed E-state index contributed by atoms with van der Waals surface area (Å²) in [6, 6.07) is 4.41. The van der Waals surface area contributed by atoms with Gasteiger partial charge in [0.15, 0.2) is 0 Å².